The van der Waals surface area contributed by atoms with Crippen LogP contribution in [0.4, 0.5) is 0 Å². The molecule has 0 saturated heterocycles. The summed E-state index contributed by atoms with van der Waals surface area (Å²) < 4.78 is 2.42. The van der Waals surface area contributed by atoms with Crippen molar-refractivity contribution in [3.8, 4) is 16.8 Å². The minimum atomic E-state index is 1.19. The first-order valence-electron chi connectivity index (χ1n) is 11.0. The molecule has 0 aliphatic rings. The summed E-state index contributed by atoms with van der Waals surface area (Å²) in [6, 6.07) is 29.1. The monoisotopic (exact) mass is 402 g/mol. The van der Waals surface area contributed by atoms with Gasteiger partial charge in [0.2, 0.25) is 16.7 Å². The first kappa shape index (κ1) is 19.5. The fourth-order valence-corrected chi connectivity index (χ4v) is 5.05. The van der Waals surface area contributed by atoms with E-state index in [1.165, 1.54) is 66.4 Å². The van der Waals surface area contributed by atoms with E-state index in [0.717, 1.165) is 0 Å². The number of hydrogen-bond acceptors (Lipinski definition) is 0. The number of aryl methyl sites for hydroxylation is 5. The predicted octanol–water partition coefficient (Wildman–Crippen LogP) is 7.48. The van der Waals surface area contributed by atoms with E-state index in [9.17, 15) is 0 Å². The molecule has 0 spiro atoms. The summed E-state index contributed by atoms with van der Waals surface area (Å²) in [5.41, 5.74) is 12.9. The van der Waals surface area contributed by atoms with Gasteiger partial charge in [-0.05, 0) is 74.6 Å². The maximum Gasteiger partial charge on any atom is 0.219 e. The van der Waals surface area contributed by atoms with Crippen LogP contribution in [-0.4, -0.2) is 0 Å². The van der Waals surface area contributed by atoms with Crippen molar-refractivity contribution in [2.45, 2.75) is 34.6 Å². The van der Waals surface area contributed by atoms with E-state index in [1.54, 1.807) is 0 Å². The van der Waals surface area contributed by atoms with Gasteiger partial charge < -0.3 is 0 Å². The summed E-state index contributed by atoms with van der Waals surface area (Å²) in [4.78, 5) is 0. The fraction of sp³-hybridized carbons (Fsp3) is 0.167. The third-order valence-electron chi connectivity index (χ3n) is 6.27. The molecule has 4 aromatic carbocycles. The van der Waals surface area contributed by atoms with Crippen LogP contribution < -0.4 is 4.57 Å². The second-order valence-corrected chi connectivity index (χ2v) is 8.86. The van der Waals surface area contributed by atoms with Crippen molar-refractivity contribution in [3.05, 3.63) is 107 Å². The molecular weight excluding hydrogens is 374 g/mol. The number of aromatic nitrogens is 1. The third kappa shape index (κ3) is 3.21. The Morgan fingerprint density at radius 1 is 0.484 bits per heavy atom. The second-order valence-electron chi connectivity index (χ2n) is 8.86. The van der Waals surface area contributed by atoms with Gasteiger partial charge in [-0.25, -0.2) is 0 Å². The highest BCUT2D eigenvalue weighted by molar-refractivity contribution is 6.08. The van der Waals surface area contributed by atoms with Crippen molar-refractivity contribution in [2.75, 3.05) is 0 Å². The van der Waals surface area contributed by atoms with E-state index in [0.29, 0.717) is 0 Å². The molecule has 0 radical (unpaired) electrons. The SMILES string of the molecule is Cc1cc(C)c(-c2c3ccc(C)cc3[n+](-c3ccccc3)c3cc(C)ccc23)c(C)c1. The quantitative estimate of drug-likeness (QED) is 0.213. The van der Waals surface area contributed by atoms with E-state index in [2.05, 4.69) is 118 Å². The van der Waals surface area contributed by atoms with Crippen molar-refractivity contribution >= 4 is 21.8 Å². The number of pyridine rings is 1. The topological polar surface area (TPSA) is 3.88 Å². The zero-order chi connectivity index (χ0) is 21.7. The van der Waals surface area contributed by atoms with Crippen molar-refractivity contribution < 1.29 is 4.57 Å². The predicted molar refractivity (Wildman–Crippen MR) is 132 cm³/mol. The minimum Gasteiger partial charge on any atom is -0.153 e. The van der Waals surface area contributed by atoms with E-state index in [4.69, 9.17) is 0 Å². The van der Waals surface area contributed by atoms with E-state index < -0.39 is 0 Å². The molecule has 0 N–H and O–H groups in total. The van der Waals surface area contributed by atoms with Gasteiger partial charge in [0.05, 0.1) is 10.8 Å². The molecule has 0 amide bonds. The first-order chi connectivity index (χ1) is 14.9. The van der Waals surface area contributed by atoms with Crippen LogP contribution in [-0.2, 0) is 0 Å². The normalized spacial score (nSPS) is 11.4. The van der Waals surface area contributed by atoms with Crippen molar-refractivity contribution in [1.82, 2.24) is 0 Å². The molecule has 0 bridgehead atoms. The molecule has 0 unspecified atom stereocenters. The van der Waals surface area contributed by atoms with Gasteiger partial charge in [-0.3, -0.25) is 0 Å². The van der Waals surface area contributed by atoms with Crippen LogP contribution in [0.25, 0.3) is 38.6 Å². The molecular formula is C30H28N+. The van der Waals surface area contributed by atoms with Crippen LogP contribution >= 0.6 is 0 Å². The standard InChI is InChI=1S/C30H28N/c1-19-11-13-25-27(17-19)31(24-9-7-6-8-10-24)28-18-20(2)12-14-26(28)30(25)29-22(4)15-21(3)16-23(29)5/h6-18H,1-5H3/q+1. The summed E-state index contributed by atoms with van der Waals surface area (Å²) in [5, 5.41) is 2.58. The fourth-order valence-electron chi connectivity index (χ4n) is 5.05. The molecule has 31 heavy (non-hydrogen) atoms. The molecule has 152 valence electrons. The molecule has 0 fully saturated rings. The Bertz CT molecular complexity index is 1370. The van der Waals surface area contributed by atoms with Gasteiger partial charge in [0.1, 0.15) is 0 Å². The van der Waals surface area contributed by atoms with E-state index >= 15 is 0 Å². The van der Waals surface area contributed by atoms with Gasteiger partial charge in [-0.1, -0.05) is 48.0 Å². The number of rotatable bonds is 2. The van der Waals surface area contributed by atoms with Crippen molar-refractivity contribution in [1.29, 1.82) is 0 Å². The molecule has 1 nitrogen and oxygen atoms in total. The number of nitrogens with zero attached hydrogens (tertiary/aromatic N) is 1. The van der Waals surface area contributed by atoms with Crippen LogP contribution in [0.5, 0.6) is 0 Å². The van der Waals surface area contributed by atoms with Crippen molar-refractivity contribution in [2.24, 2.45) is 0 Å². The maximum atomic E-state index is 2.42. The highest BCUT2D eigenvalue weighted by Gasteiger charge is 2.25. The Morgan fingerprint density at radius 2 is 1.00 bits per heavy atom. The average molecular weight is 403 g/mol. The lowest BCUT2D eigenvalue weighted by Gasteiger charge is -2.17. The summed E-state index contributed by atoms with van der Waals surface area (Å²) in [5.74, 6) is 0. The summed E-state index contributed by atoms with van der Waals surface area (Å²) in [6.45, 7) is 11.0. The third-order valence-corrected chi connectivity index (χ3v) is 6.27. The Labute approximate surface area is 184 Å². The first-order valence-corrected chi connectivity index (χ1v) is 11.0. The maximum absolute atomic E-state index is 2.42. The Hall–Kier alpha value is -3.45. The highest BCUT2D eigenvalue weighted by atomic mass is 15.0. The summed E-state index contributed by atoms with van der Waals surface area (Å²) in [6.07, 6.45) is 0. The Morgan fingerprint density at radius 3 is 1.52 bits per heavy atom. The molecule has 1 aromatic heterocycles. The van der Waals surface area contributed by atoms with Crippen molar-refractivity contribution in [3.63, 3.8) is 0 Å². The lowest BCUT2D eigenvalue weighted by molar-refractivity contribution is -0.537. The van der Waals surface area contributed by atoms with Gasteiger partial charge >= 0.3 is 0 Å². The van der Waals surface area contributed by atoms with Crippen LogP contribution in [0.15, 0.2) is 78.9 Å². The van der Waals surface area contributed by atoms with Crippen LogP contribution in [0.2, 0.25) is 0 Å². The Balaban J connectivity index is 2.06. The zero-order valence-corrected chi connectivity index (χ0v) is 19.0. The van der Waals surface area contributed by atoms with Gasteiger partial charge in [0, 0.05) is 29.8 Å². The van der Waals surface area contributed by atoms with Crippen LogP contribution in [0, 0.1) is 34.6 Å². The molecule has 1 heteroatoms. The number of fused-ring (bicyclic) bond motifs is 2. The number of benzene rings is 4. The second kappa shape index (κ2) is 7.35. The number of hydrogen-bond donors (Lipinski definition) is 0. The summed E-state index contributed by atoms with van der Waals surface area (Å²) >= 11 is 0. The average Bonchev–Trinajstić information content (AvgIpc) is 2.73. The lowest BCUT2D eigenvalue weighted by Crippen LogP contribution is -2.33. The molecule has 0 saturated carbocycles. The molecule has 0 aliphatic carbocycles. The number of para-hydroxylation sites is 1. The van der Waals surface area contributed by atoms with E-state index in [-0.39, 0.29) is 0 Å². The smallest absolute Gasteiger partial charge is 0.153 e. The van der Waals surface area contributed by atoms with E-state index in [1.807, 2.05) is 0 Å². The summed E-state index contributed by atoms with van der Waals surface area (Å²) in [7, 11) is 0. The largest absolute Gasteiger partial charge is 0.219 e. The highest BCUT2D eigenvalue weighted by Crippen LogP contribution is 2.39. The molecule has 5 aromatic rings. The van der Waals surface area contributed by atoms with Gasteiger partial charge in [0.25, 0.3) is 0 Å². The molecule has 5 rings (SSSR count). The zero-order valence-electron chi connectivity index (χ0n) is 19.0. The Kier molecular flexibility index (Phi) is 4.63. The van der Waals surface area contributed by atoms with Gasteiger partial charge in [0.15, 0.2) is 0 Å². The molecule has 0 aliphatic heterocycles. The molecule has 0 atom stereocenters. The molecule has 1 heterocycles. The van der Waals surface area contributed by atoms with Crippen LogP contribution in [0.1, 0.15) is 27.8 Å². The minimum absolute atomic E-state index is 1.19. The van der Waals surface area contributed by atoms with Crippen LogP contribution in [0.3, 0.4) is 0 Å². The lowest BCUT2D eigenvalue weighted by atomic mass is 9.88. The van der Waals surface area contributed by atoms with Gasteiger partial charge in [-0.2, -0.15) is 4.57 Å². The van der Waals surface area contributed by atoms with Gasteiger partial charge in [-0.15, -0.1) is 0 Å².